The summed E-state index contributed by atoms with van der Waals surface area (Å²) in [5.41, 5.74) is 5.43. The molecule has 0 aliphatic heterocycles. The fourth-order valence-corrected chi connectivity index (χ4v) is 1.74. The van der Waals surface area contributed by atoms with Gasteiger partial charge in [-0.3, -0.25) is 14.4 Å². The molecule has 0 aromatic heterocycles. The van der Waals surface area contributed by atoms with Gasteiger partial charge >= 0.3 is 5.97 Å². The summed E-state index contributed by atoms with van der Waals surface area (Å²) in [4.78, 5) is 45.3. The first kappa shape index (κ1) is 17.4. The Balaban J connectivity index is 2.79. The Morgan fingerprint density at radius 3 is 2.45 bits per heavy atom. The molecule has 0 saturated carbocycles. The van der Waals surface area contributed by atoms with Gasteiger partial charge in [-0.25, -0.2) is 0 Å². The molecule has 7 heteroatoms. The number of benzene rings is 1. The van der Waals surface area contributed by atoms with E-state index in [1.165, 1.54) is 32.0 Å². The predicted octanol–water partition coefficient (Wildman–Crippen LogP) is 0.565. The van der Waals surface area contributed by atoms with Crippen LogP contribution in [0.2, 0.25) is 0 Å². The first-order valence-electron chi connectivity index (χ1n) is 6.67. The lowest BCUT2D eigenvalue weighted by Crippen LogP contribution is -2.44. The Morgan fingerprint density at radius 2 is 1.91 bits per heavy atom. The van der Waals surface area contributed by atoms with E-state index in [1.807, 2.05) is 0 Å². The Bertz CT molecular complexity index is 597. The van der Waals surface area contributed by atoms with Gasteiger partial charge in [0.2, 0.25) is 5.91 Å². The second-order valence-corrected chi connectivity index (χ2v) is 4.79. The zero-order chi connectivity index (χ0) is 16.7. The fourth-order valence-electron chi connectivity index (χ4n) is 1.74. The van der Waals surface area contributed by atoms with Crippen LogP contribution >= 0.6 is 0 Å². The van der Waals surface area contributed by atoms with E-state index < -0.39 is 23.8 Å². The lowest BCUT2D eigenvalue weighted by atomic mass is 10.1. The van der Waals surface area contributed by atoms with E-state index in [1.54, 1.807) is 6.07 Å². The summed E-state index contributed by atoms with van der Waals surface area (Å²) >= 11 is 0. The highest BCUT2D eigenvalue weighted by atomic mass is 16.5. The number of ketones is 1. The number of primary amides is 1. The van der Waals surface area contributed by atoms with Crippen molar-refractivity contribution in [2.75, 3.05) is 0 Å². The van der Waals surface area contributed by atoms with Gasteiger partial charge in [-0.2, -0.15) is 0 Å². The molecule has 3 N–H and O–H groups in total. The van der Waals surface area contributed by atoms with E-state index in [-0.39, 0.29) is 29.9 Å². The molecule has 118 valence electrons. The molecule has 0 bridgehead atoms. The van der Waals surface area contributed by atoms with Crippen LogP contribution in [0.1, 0.15) is 37.0 Å². The Labute approximate surface area is 127 Å². The van der Waals surface area contributed by atoms with Crippen LogP contribution in [0.3, 0.4) is 0 Å². The van der Waals surface area contributed by atoms with Crippen molar-refractivity contribution >= 4 is 23.6 Å². The number of carbonyl (C=O) groups is 4. The first-order chi connectivity index (χ1) is 10.3. The molecule has 22 heavy (non-hydrogen) atoms. The molecule has 2 amide bonds. The van der Waals surface area contributed by atoms with E-state index in [4.69, 9.17) is 10.5 Å². The Kier molecular flexibility index (Phi) is 6.25. The molecular weight excluding hydrogens is 288 g/mol. The van der Waals surface area contributed by atoms with Crippen LogP contribution < -0.4 is 15.8 Å². The third kappa shape index (κ3) is 5.74. The molecule has 0 saturated heterocycles. The quantitative estimate of drug-likeness (QED) is 0.564. The van der Waals surface area contributed by atoms with Gasteiger partial charge in [-0.05, 0) is 31.5 Å². The maximum Gasteiger partial charge on any atom is 0.308 e. The fraction of sp³-hybridized carbons (Fsp3) is 0.333. The summed E-state index contributed by atoms with van der Waals surface area (Å²) in [6.07, 6.45) is 0.279. The van der Waals surface area contributed by atoms with Gasteiger partial charge in [-0.15, -0.1) is 0 Å². The molecule has 0 aliphatic carbocycles. The van der Waals surface area contributed by atoms with Gasteiger partial charge in [-0.1, -0.05) is 6.07 Å². The molecular formula is C15H18N2O5. The van der Waals surface area contributed by atoms with Gasteiger partial charge in [0, 0.05) is 18.9 Å². The lowest BCUT2D eigenvalue weighted by Gasteiger charge is -2.15. The van der Waals surface area contributed by atoms with Crippen LogP contribution in [-0.4, -0.2) is 29.6 Å². The van der Waals surface area contributed by atoms with Crippen molar-refractivity contribution in [2.45, 2.75) is 32.7 Å². The summed E-state index contributed by atoms with van der Waals surface area (Å²) in [5.74, 6) is -1.64. The SMILES string of the molecule is CC(=O)CC[C@@H](NC(=O)c1cccc(OC(C)=O)c1)C(N)=O. The minimum atomic E-state index is -0.936. The van der Waals surface area contributed by atoms with Gasteiger partial charge in [0.25, 0.3) is 5.91 Å². The highest BCUT2D eigenvalue weighted by Crippen LogP contribution is 2.14. The van der Waals surface area contributed by atoms with Crippen molar-refractivity contribution < 1.29 is 23.9 Å². The number of rotatable bonds is 7. The zero-order valence-electron chi connectivity index (χ0n) is 12.4. The molecule has 1 atom stereocenters. The molecule has 0 radical (unpaired) electrons. The normalized spacial score (nSPS) is 11.4. The number of esters is 1. The van der Waals surface area contributed by atoms with Crippen molar-refractivity contribution in [3.63, 3.8) is 0 Å². The summed E-state index contributed by atoms with van der Waals surface area (Å²) in [7, 11) is 0. The van der Waals surface area contributed by atoms with E-state index in [9.17, 15) is 19.2 Å². The lowest BCUT2D eigenvalue weighted by molar-refractivity contribution is -0.132. The van der Waals surface area contributed by atoms with Gasteiger partial charge in [0.1, 0.15) is 17.6 Å². The second-order valence-electron chi connectivity index (χ2n) is 4.79. The molecule has 0 unspecified atom stereocenters. The summed E-state index contributed by atoms with van der Waals surface area (Å²) < 4.78 is 4.88. The predicted molar refractivity (Wildman–Crippen MR) is 78.1 cm³/mol. The number of Topliss-reactive ketones (excluding diaryl/α,β-unsaturated/α-hetero) is 1. The molecule has 0 spiro atoms. The van der Waals surface area contributed by atoms with Gasteiger partial charge in [0.15, 0.2) is 0 Å². The molecule has 1 aromatic carbocycles. The molecule has 0 aliphatic rings. The van der Waals surface area contributed by atoms with Crippen LogP contribution in [0.15, 0.2) is 24.3 Å². The minimum absolute atomic E-state index is 0.0997. The van der Waals surface area contributed by atoms with Crippen LogP contribution in [0.4, 0.5) is 0 Å². The summed E-state index contributed by atoms with van der Waals surface area (Å²) in [6.45, 7) is 2.64. The average Bonchev–Trinajstić information content (AvgIpc) is 2.42. The van der Waals surface area contributed by atoms with Crippen LogP contribution in [-0.2, 0) is 14.4 Å². The summed E-state index contributed by atoms with van der Waals surface area (Å²) in [5, 5.41) is 2.46. The van der Waals surface area contributed by atoms with Crippen molar-refractivity contribution in [1.29, 1.82) is 0 Å². The van der Waals surface area contributed by atoms with E-state index in [0.717, 1.165) is 0 Å². The maximum absolute atomic E-state index is 12.1. The van der Waals surface area contributed by atoms with Gasteiger partial charge in [0.05, 0.1) is 0 Å². The molecule has 1 rings (SSSR count). The van der Waals surface area contributed by atoms with E-state index in [0.29, 0.717) is 0 Å². The van der Waals surface area contributed by atoms with E-state index >= 15 is 0 Å². The first-order valence-corrected chi connectivity index (χ1v) is 6.67. The maximum atomic E-state index is 12.1. The van der Waals surface area contributed by atoms with Crippen LogP contribution in [0.5, 0.6) is 5.75 Å². The summed E-state index contributed by atoms with van der Waals surface area (Å²) in [6, 6.07) is 5.01. The van der Waals surface area contributed by atoms with Crippen LogP contribution in [0, 0.1) is 0 Å². The standard InChI is InChI=1S/C15H18N2O5/c1-9(18)6-7-13(14(16)20)17-15(21)11-4-3-5-12(8-11)22-10(2)19/h3-5,8,13H,6-7H2,1-2H3,(H2,16,20)(H,17,21)/t13-/m1/s1. The number of nitrogens with one attached hydrogen (secondary N) is 1. The van der Waals surface area contributed by atoms with Crippen molar-refractivity contribution in [2.24, 2.45) is 5.73 Å². The highest BCUT2D eigenvalue weighted by Gasteiger charge is 2.19. The van der Waals surface area contributed by atoms with Crippen molar-refractivity contribution in [3.05, 3.63) is 29.8 Å². The molecule has 0 fully saturated rings. The second kappa shape index (κ2) is 7.92. The Hall–Kier alpha value is -2.70. The van der Waals surface area contributed by atoms with Crippen LogP contribution in [0.25, 0.3) is 0 Å². The number of amides is 2. The van der Waals surface area contributed by atoms with Crippen molar-refractivity contribution in [3.8, 4) is 5.75 Å². The largest absolute Gasteiger partial charge is 0.427 e. The molecule has 1 aromatic rings. The van der Waals surface area contributed by atoms with Crippen molar-refractivity contribution in [1.82, 2.24) is 5.32 Å². The third-order valence-corrected chi connectivity index (χ3v) is 2.79. The molecule has 0 heterocycles. The monoisotopic (exact) mass is 306 g/mol. The Morgan fingerprint density at radius 1 is 1.23 bits per heavy atom. The highest BCUT2D eigenvalue weighted by molar-refractivity contribution is 5.97. The average molecular weight is 306 g/mol. The number of hydrogen-bond acceptors (Lipinski definition) is 5. The topological polar surface area (TPSA) is 116 Å². The number of hydrogen-bond donors (Lipinski definition) is 2. The number of carbonyl (C=O) groups excluding carboxylic acids is 4. The number of ether oxygens (including phenoxy) is 1. The smallest absolute Gasteiger partial charge is 0.308 e. The van der Waals surface area contributed by atoms with E-state index in [2.05, 4.69) is 5.32 Å². The zero-order valence-corrected chi connectivity index (χ0v) is 12.4. The minimum Gasteiger partial charge on any atom is -0.427 e. The van der Waals surface area contributed by atoms with Gasteiger partial charge < -0.3 is 20.6 Å². The third-order valence-electron chi connectivity index (χ3n) is 2.79. The number of nitrogens with two attached hydrogens (primary N) is 1. The molecule has 7 nitrogen and oxygen atoms in total.